The van der Waals surface area contributed by atoms with Gasteiger partial charge in [0.2, 0.25) is 5.91 Å². The van der Waals surface area contributed by atoms with Crippen molar-refractivity contribution in [1.82, 2.24) is 15.0 Å². The second kappa shape index (κ2) is 6.64. The maximum atomic E-state index is 13.0. The highest BCUT2D eigenvalue weighted by atomic mass is 19.1. The molecule has 1 N–H and O–H groups in total. The molecule has 1 amide bonds. The summed E-state index contributed by atoms with van der Waals surface area (Å²) in [7, 11) is 0. The van der Waals surface area contributed by atoms with Gasteiger partial charge in [0.15, 0.2) is 0 Å². The van der Waals surface area contributed by atoms with Gasteiger partial charge in [-0.25, -0.2) is 4.39 Å². The maximum absolute atomic E-state index is 13.0. The molecule has 0 fully saturated rings. The minimum atomic E-state index is -0.321. The first-order valence-corrected chi connectivity index (χ1v) is 7.83. The zero-order chi connectivity index (χ0) is 17.9. The smallest absolute Gasteiger partial charge is 0.248 e. The largest absolute Gasteiger partial charge is 0.465 e. The molecule has 0 radical (unpaired) electrons. The number of anilines is 1. The van der Waals surface area contributed by atoms with E-state index in [4.69, 9.17) is 4.42 Å². The molecule has 0 saturated carbocycles. The fraction of sp³-hybridized carbons (Fsp3) is 0. The van der Waals surface area contributed by atoms with Gasteiger partial charge in [0, 0.05) is 11.8 Å². The summed E-state index contributed by atoms with van der Waals surface area (Å²) in [6, 6.07) is 14.6. The number of nitrogens with zero attached hydrogens (tertiary/aromatic N) is 3. The molecular formula is C19H13FN4O2. The van der Waals surface area contributed by atoms with Crippen LogP contribution in [0.4, 0.5) is 10.1 Å². The molecule has 2 aromatic heterocycles. The second-order valence-electron chi connectivity index (χ2n) is 5.51. The zero-order valence-corrected chi connectivity index (χ0v) is 13.5. The van der Waals surface area contributed by atoms with Crippen molar-refractivity contribution in [3.8, 4) is 5.69 Å². The molecule has 0 spiro atoms. The number of amides is 1. The van der Waals surface area contributed by atoms with Crippen molar-refractivity contribution >= 4 is 28.7 Å². The number of nitrogens with one attached hydrogen (secondary N) is 1. The summed E-state index contributed by atoms with van der Waals surface area (Å²) < 4.78 is 18.2. The number of fused-ring (bicyclic) bond motifs is 1. The van der Waals surface area contributed by atoms with E-state index in [1.165, 1.54) is 29.3 Å². The van der Waals surface area contributed by atoms with Crippen LogP contribution in [0.25, 0.3) is 22.8 Å². The Bertz CT molecular complexity index is 1080. The third kappa shape index (κ3) is 3.36. The van der Waals surface area contributed by atoms with E-state index in [-0.39, 0.29) is 11.7 Å². The Balaban J connectivity index is 1.53. The monoisotopic (exact) mass is 348 g/mol. The first-order valence-electron chi connectivity index (χ1n) is 7.83. The number of rotatable bonds is 4. The third-order valence-electron chi connectivity index (χ3n) is 3.65. The van der Waals surface area contributed by atoms with Crippen LogP contribution in [-0.4, -0.2) is 20.9 Å². The van der Waals surface area contributed by atoms with Crippen molar-refractivity contribution in [3.63, 3.8) is 0 Å². The van der Waals surface area contributed by atoms with Crippen LogP contribution in [0.5, 0.6) is 0 Å². The summed E-state index contributed by atoms with van der Waals surface area (Å²) in [6.07, 6.45) is 4.51. The number of hydrogen-bond acceptors (Lipinski definition) is 4. The van der Waals surface area contributed by atoms with Crippen LogP contribution in [0.2, 0.25) is 0 Å². The second-order valence-corrected chi connectivity index (χ2v) is 5.51. The van der Waals surface area contributed by atoms with E-state index < -0.39 is 0 Å². The number of halogens is 1. The van der Waals surface area contributed by atoms with E-state index in [9.17, 15) is 9.18 Å². The van der Waals surface area contributed by atoms with Gasteiger partial charge in [-0.05, 0) is 60.7 Å². The van der Waals surface area contributed by atoms with Crippen LogP contribution in [0.1, 0.15) is 5.76 Å². The summed E-state index contributed by atoms with van der Waals surface area (Å²) >= 11 is 0. The predicted molar refractivity (Wildman–Crippen MR) is 95.2 cm³/mol. The summed E-state index contributed by atoms with van der Waals surface area (Å²) in [6.45, 7) is 0. The minimum Gasteiger partial charge on any atom is -0.465 e. The van der Waals surface area contributed by atoms with E-state index >= 15 is 0 Å². The van der Waals surface area contributed by atoms with Gasteiger partial charge in [-0.1, -0.05) is 0 Å². The molecule has 0 aliphatic rings. The fourth-order valence-electron chi connectivity index (χ4n) is 2.41. The summed E-state index contributed by atoms with van der Waals surface area (Å²) in [5.41, 5.74) is 2.52. The number of carbonyl (C=O) groups is 1. The molecule has 0 bridgehead atoms. The lowest BCUT2D eigenvalue weighted by Crippen LogP contribution is -2.07. The highest BCUT2D eigenvalue weighted by molar-refractivity contribution is 6.02. The zero-order valence-electron chi connectivity index (χ0n) is 13.5. The topological polar surface area (TPSA) is 73.0 Å². The van der Waals surface area contributed by atoms with Crippen molar-refractivity contribution in [2.45, 2.75) is 0 Å². The van der Waals surface area contributed by atoms with Gasteiger partial charge < -0.3 is 9.73 Å². The molecule has 2 heterocycles. The van der Waals surface area contributed by atoms with Crippen LogP contribution in [-0.2, 0) is 4.79 Å². The highest BCUT2D eigenvalue weighted by Gasteiger charge is 2.07. The molecule has 0 aliphatic carbocycles. The molecule has 0 unspecified atom stereocenters. The normalized spacial score (nSPS) is 11.3. The standard InChI is InChI=1S/C19H13FN4O2/c20-13-3-6-15(7-4-13)24-22-17-9-5-14(12-18(17)23-24)21-19(25)10-8-16-2-1-11-26-16/h1-12H,(H,21,25)/b10-8-. The van der Waals surface area contributed by atoms with Crippen LogP contribution in [0.3, 0.4) is 0 Å². The predicted octanol–water partition coefficient (Wildman–Crippen LogP) is 3.80. The minimum absolute atomic E-state index is 0.285. The lowest BCUT2D eigenvalue weighted by molar-refractivity contribution is -0.111. The van der Waals surface area contributed by atoms with Gasteiger partial charge in [-0.15, -0.1) is 10.2 Å². The van der Waals surface area contributed by atoms with Gasteiger partial charge in [0.1, 0.15) is 22.6 Å². The molecule has 2 aromatic carbocycles. The molecular weight excluding hydrogens is 335 g/mol. The van der Waals surface area contributed by atoms with Crippen molar-refractivity contribution in [2.75, 3.05) is 5.32 Å². The number of aromatic nitrogens is 3. The fourth-order valence-corrected chi connectivity index (χ4v) is 2.41. The average molecular weight is 348 g/mol. The van der Waals surface area contributed by atoms with Crippen molar-refractivity contribution in [2.24, 2.45) is 0 Å². The van der Waals surface area contributed by atoms with Crippen molar-refractivity contribution < 1.29 is 13.6 Å². The Labute approximate surface area is 147 Å². The SMILES string of the molecule is O=C(/C=C\c1ccco1)Nc1ccc2nn(-c3ccc(F)cc3)nc2c1. The van der Waals surface area contributed by atoms with Gasteiger partial charge in [-0.2, -0.15) is 4.80 Å². The quantitative estimate of drug-likeness (QED) is 0.569. The molecule has 0 atom stereocenters. The van der Waals surface area contributed by atoms with Crippen LogP contribution in [0.15, 0.2) is 71.4 Å². The van der Waals surface area contributed by atoms with E-state index in [0.29, 0.717) is 28.2 Å². The van der Waals surface area contributed by atoms with E-state index in [0.717, 1.165) is 0 Å². The van der Waals surface area contributed by atoms with E-state index in [1.807, 2.05) is 0 Å². The van der Waals surface area contributed by atoms with Gasteiger partial charge in [0.05, 0.1) is 12.0 Å². The number of benzene rings is 2. The number of furan rings is 1. The van der Waals surface area contributed by atoms with Gasteiger partial charge in [-0.3, -0.25) is 4.79 Å². The third-order valence-corrected chi connectivity index (χ3v) is 3.65. The Morgan fingerprint density at radius 1 is 1.08 bits per heavy atom. The Morgan fingerprint density at radius 2 is 1.88 bits per heavy atom. The van der Waals surface area contributed by atoms with Gasteiger partial charge in [0.25, 0.3) is 0 Å². The first-order chi connectivity index (χ1) is 12.7. The molecule has 0 saturated heterocycles. The number of hydrogen-bond donors (Lipinski definition) is 1. The summed E-state index contributed by atoms with van der Waals surface area (Å²) in [5, 5.41) is 11.5. The molecule has 0 aliphatic heterocycles. The van der Waals surface area contributed by atoms with E-state index in [1.54, 1.807) is 48.5 Å². The molecule has 4 rings (SSSR count). The molecule has 6 nitrogen and oxygen atoms in total. The Kier molecular flexibility index (Phi) is 4.03. The number of carbonyl (C=O) groups excluding carboxylic acids is 1. The first kappa shape index (κ1) is 15.8. The van der Waals surface area contributed by atoms with E-state index in [2.05, 4.69) is 15.5 Å². The summed E-state index contributed by atoms with van der Waals surface area (Å²) in [4.78, 5) is 13.4. The molecule has 4 aromatic rings. The Morgan fingerprint density at radius 3 is 2.65 bits per heavy atom. The van der Waals surface area contributed by atoms with Crippen molar-refractivity contribution in [3.05, 3.63) is 78.5 Å². The lowest BCUT2D eigenvalue weighted by Gasteiger charge is -2.00. The molecule has 128 valence electrons. The van der Waals surface area contributed by atoms with Gasteiger partial charge >= 0.3 is 0 Å². The lowest BCUT2D eigenvalue weighted by atomic mass is 10.2. The van der Waals surface area contributed by atoms with Crippen molar-refractivity contribution in [1.29, 1.82) is 0 Å². The molecule has 26 heavy (non-hydrogen) atoms. The highest BCUT2D eigenvalue weighted by Crippen LogP contribution is 2.18. The Hall–Kier alpha value is -3.74. The van der Waals surface area contributed by atoms with Crippen LogP contribution < -0.4 is 5.32 Å². The van der Waals surface area contributed by atoms with Crippen LogP contribution >= 0.6 is 0 Å². The maximum Gasteiger partial charge on any atom is 0.248 e. The summed E-state index contributed by atoms with van der Waals surface area (Å²) in [5.74, 6) is -0.0115. The van der Waals surface area contributed by atoms with Crippen LogP contribution in [0, 0.1) is 5.82 Å². The molecule has 7 heteroatoms. The average Bonchev–Trinajstić information content (AvgIpc) is 3.30.